The first-order chi connectivity index (χ1) is 15.9. The van der Waals surface area contributed by atoms with Crippen molar-refractivity contribution in [2.75, 3.05) is 0 Å². The Labute approximate surface area is 195 Å². The van der Waals surface area contributed by atoms with Gasteiger partial charge in [0.05, 0.1) is 12.2 Å². The van der Waals surface area contributed by atoms with Crippen LogP contribution < -0.4 is 9.74 Å². The molecule has 14 heteroatoms. The number of fused-ring (bicyclic) bond motifs is 1. The van der Waals surface area contributed by atoms with E-state index in [2.05, 4.69) is 25.3 Å². The Morgan fingerprint density at radius 3 is 2.21 bits per heavy atom. The molecule has 178 valence electrons. The largest absolute Gasteiger partial charge is 0.372 e. The van der Waals surface area contributed by atoms with E-state index in [0.29, 0.717) is 15.9 Å². The molecule has 0 aliphatic heterocycles. The van der Waals surface area contributed by atoms with E-state index in [1.807, 2.05) is 0 Å². The molecule has 2 aromatic carbocycles. The molecule has 0 spiro atoms. The van der Waals surface area contributed by atoms with E-state index in [1.165, 1.54) is 16.8 Å². The van der Waals surface area contributed by atoms with Gasteiger partial charge in [-0.15, -0.1) is 0 Å². The topological polar surface area (TPSA) is 91.4 Å². The average molecular weight is 565 g/mol. The quantitative estimate of drug-likeness (QED) is 0.153. The molecule has 0 aliphatic carbocycles. The van der Waals surface area contributed by atoms with Crippen molar-refractivity contribution in [3.63, 3.8) is 0 Å². The maximum absolute atomic E-state index is 13.9. The van der Waals surface area contributed by atoms with E-state index in [4.69, 9.17) is 4.52 Å². The Bertz CT molecular complexity index is 1610. The Hall–Kier alpha value is -3.26. The zero-order valence-corrected chi connectivity index (χ0v) is 19.1. The zero-order valence-electron chi connectivity index (χ0n) is 16.7. The molecule has 0 saturated carbocycles. The van der Waals surface area contributed by atoms with Gasteiger partial charge in [0.1, 0.15) is 4.90 Å². The standard InChI is InChI=1S/C20H10BrF5N2O5S/c1-8-4-9(32-27-8)6-28-7-13(21)11-3-2-10(5-12(11)20(28)29)34(30,31)33-19-17(25)15(23)14(22)16(24)18(19)26/h2-5,7H,6H2,1H3. The molecule has 0 saturated heterocycles. The minimum atomic E-state index is -5.12. The number of nitrogens with zero attached hydrogens (tertiary/aromatic N) is 2. The van der Waals surface area contributed by atoms with Gasteiger partial charge in [-0.05, 0) is 35.0 Å². The fourth-order valence-electron chi connectivity index (χ4n) is 3.08. The van der Waals surface area contributed by atoms with Gasteiger partial charge < -0.3 is 13.3 Å². The third-order valence-corrected chi connectivity index (χ3v) is 6.51. The number of hydrogen-bond acceptors (Lipinski definition) is 6. The number of aromatic nitrogens is 2. The van der Waals surface area contributed by atoms with Crippen molar-refractivity contribution in [1.82, 2.24) is 9.72 Å². The summed E-state index contributed by atoms with van der Waals surface area (Å²) in [5, 5.41) is 3.85. The lowest BCUT2D eigenvalue weighted by Crippen LogP contribution is -2.21. The van der Waals surface area contributed by atoms with Crippen molar-refractivity contribution >= 4 is 36.8 Å². The number of pyridine rings is 1. The van der Waals surface area contributed by atoms with Crippen LogP contribution >= 0.6 is 15.9 Å². The number of rotatable bonds is 5. The summed E-state index contributed by atoms with van der Waals surface area (Å²) >= 11 is 3.27. The third-order valence-electron chi connectivity index (χ3n) is 4.66. The van der Waals surface area contributed by atoms with E-state index < -0.39 is 55.4 Å². The monoisotopic (exact) mass is 564 g/mol. The molecule has 4 aromatic rings. The Balaban J connectivity index is 1.81. The summed E-state index contributed by atoms with van der Waals surface area (Å²) in [6.45, 7) is 1.62. The normalized spacial score (nSPS) is 11.9. The van der Waals surface area contributed by atoms with Crippen LogP contribution in [0.1, 0.15) is 11.5 Å². The third kappa shape index (κ3) is 4.07. The van der Waals surface area contributed by atoms with Gasteiger partial charge in [0, 0.05) is 27.5 Å². The van der Waals surface area contributed by atoms with Crippen LogP contribution in [0, 0.1) is 36.0 Å². The van der Waals surface area contributed by atoms with Crippen LogP contribution in [0.25, 0.3) is 10.8 Å². The number of hydrogen-bond donors (Lipinski definition) is 0. The highest BCUT2D eigenvalue weighted by molar-refractivity contribution is 9.10. The van der Waals surface area contributed by atoms with Crippen molar-refractivity contribution in [3.8, 4) is 5.75 Å². The Kier molecular flexibility index (Phi) is 5.97. The first-order valence-electron chi connectivity index (χ1n) is 9.11. The van der Waals surface area contributed by atoms with Crippen LogP contribution in [0.15, 0.2) is 49.1 Å². The van der Waals surface area contributed by atoms with Gasteiger partial charge in [-0.3, -0.25) is 4.79 Å². The SMILES string of the molecule is Cc1cc(Cn2cc(Br)c3ccc(S(=O)(=O)Oc4c(F)c(F)c(F)c(F)c4F)cc3c2=O)on1. The molecule has 2 heterocycles. The average Bonchev–Trinajstić information content (AvgIpc) is 3.21. The first kappa shape index (κ1) is 23.9. The van der Waals surface area contributed by atoms with E-state index in [-0.39, 0.29) is 17.3 Å². The number of halogens is 6. The molecule has 4 rings (SSSR count). The molecular weight excluding hydrogens is 555 g/mol. The predicted molar refractivity (Wildman–Crippen MR) is 110 cm³/mol. The van der Waals surface area contributed by atoms with E-state index in [9.17, 15) is 35.2 Å². The molecule has 0 atom stereocenters. The van der Waals surface area contributed by atoms with Gasteiger partial charge in [0.2, 0.25) is 34.8 Å². The summed E-state index contributed by atoms with van der Waals surface area (Å²) in [6.07, 6.45) is 1.43. The Morgan fingerprint density at radius 2 is 1.62 bits per heavy atom. The van der Waals surface area contributed by atoms with Crippen LogP contribution in [0.2, 0.25) is 0 Å². The summed E-state index contributed by atoms with van der Waals surface area (Å²) in [5.74, 6) is -13.8. The van der Waals surface area contributed by atoms with Crippen molar-refractivity contribution in [1.29, 1.82) is 0 Å². The zero-order chi connectivity index (χ0) is 24.9. The highest BCUT2D eigenvalue weighted by Crippen LogP contribution is 2.32. The van der Waals surface area contributed by atoms with Crippen LogP contribution in [0.5, 0.6) is 5.75 Å². The fourth-order valence-corrected chi connectivity index (χ4v) is 4.63. The molecule has 0 N–H and O–H groups in total. The molecule has 2 aromatic heterocycles. The molecule has 0 unspecified atom stereocenters. The summed E-state index contributed by atoms with van der Waals surface area (Å²) in [7, 11) is -5.12. The van der Waals surface area contributed by atoms with Crippen LogP contribution in [0.3, 0.4) is 0 Å². The van der Waals surface area contributed by atoms with Crippen LogP contribution in [0.4, 0.5) is 22.0 Å². The highest BCUT2D eigenvalue weighted by atomic mass is 79.9. The maximum Gasteiger partial charge on any atom is 0.339 e. The number of aryl methyl sites for hydroxylation is 1. The second-order valence-corrected chi connectivity index (χ2v) is 9.39. The maximum atomic E-state index is 13.9. The minimum absolute atomic E-state index is 0.0494. The molecule has 34 heavy (non-hydrogen) atoms. The molecule has 7 nitrogen and oxygen atoms in total. The predicted octanol–water partition coefficient (Wildman–Crippen LogP) is 4.57. The molecular formula is C20H10BrF5N2O5S. The van der Waals surface area contributed by atoms with Crippen LogP contribution in [-0.4, -0.2) is 18.1 Å². The molecule has 0 amide bonds. The molecule has 0 radical (unpaired) electrons. The minimum Gasteiger partial charge on any atom is -0.372 e. The number of benzene rings is 2. The second kappa shape index (κ2) is 8.51. The molecule has 0 fully saturated rings. The van der Waals surface area contributed by atoms with Crippen molar-refractivity contribution in [2.24, 2.45) is 0 Å². The van der Waals surface area contributed by atoms with Gasteiger partial charge >= 0.3 is 10.1 Å². The van der Waals surface area contributed by atoms with Gasteiger partial charge in [-0.1, -0.05) is 11.2 Å². The van der Waals surface area contributed by atoms with Gasteiger partial charge in [-0.25, -0.2) is 13.2 Å². The Morgan fingerprint density at radius 1 is 1.00 bits per heavy atom. The lowest BCUT2D eigenvalue weighted by Gasteiger charge is -2.12. The fraction of sp³-hybridized carbons (Fsp3) is 0.100. The summed E-state index contributed by atoms with van der Waals surface area (Å²) in [5.41, 5.74) is -0.0953. The smallest absolute Gasteiger partial charge is 0.339 e. The van der Waals surface area contributed by atoms with Gasteiger partial charge in [0.15, 0.2) is 5.76 Å². The van der Waals surface area contributed by atoms with Crippen molar-refractivity contribution in [3.05, 3.63) is 85.8 Å². The molecule has 0 bridgehead atoms. The summed E-state index contributed by atoms with van der Waals surface area (Å²) in [6, 6.07) is 4.59. The van der Waals surface area contributed by atoms with Crippen molar-refractivity contribution < 1.29 is 39.1 Å². The van der Waals surface area contributed by atoms with E-state index in [1.54, 1.807) is 13.0 Å². The summed E-state index contributed by atoms with van der Waals surface area (Å²) in [4.78, 5) is 12.2. The lowest BCUT2D eigenvalue weighted by molar-refractivity contribution is 0.346. The summed E-state index contributed by atoms with van der Waals surface area (Å²) < 4.78 is 104. The van der Waals surface area contributed by atoms with Gasteiger partial charge in [0.25, 0.3) is 5.56 Å². The molecule has 0 aliphatic rings. The van der Waals surface area contributed by atoms with Crippen molar-refractivity contribution in [2.45, 2.75) is 18.4 Å². The van der Waals surface area contributed by atoms with Crippen LogP contribution in [-0.2, 0) is 16.7 Å². The van der Waals surface area contributed by atoms with E-state index >= 15 is 0 Å². The van der Waals surface area contributed by atoms with Gasteiger partial charge in [-0.2, -0.15) is 17.2 Å². The lowest BCUT2D eigenvalue weighted by atomic mass is 10.2. The highest BCUT2D eigenvalue weighted by Gasteiger charge is 2.31. The first-order valence-corrected chi connectivity index (χ1v) is 11.3. The second-order valence-electron chi connectivity index (χ2n) is 6.99. The van der Waals surface area contributed by atoms with E-state index in [0.717, 1.165) is 12.1 Å².